The van der Waals surface area contributed by atoms with Gasteiger partial charge in [0, 0.05) is 16.8 Å². The molecular weight excluding hydrogens is 311 g/mol. The molecule has 1 heterocycles. The summed E-state index contributed by atoms with van der Waals surface area (Å²) in [7, 11) is 0. The molecule has 0 radical (unpaired) electrons. The van der Waals surface area contributed by atoms with Gasteiger partial charge in [0.05, 0.1) is 10.6 Å². The van der Waals surface area contributed by atoms with E-state index in [-0.39, 0.29) is 5.82 Å². The zero-order chi connectivity index (χ0) is 16.4. The van der Waals surface area contributed by atoms with Crippen molar-refractivity contribution >= 4 is 28.4 Å². The molecule has 0 amide bonds. The van der Waals surface area contributed by atoms with E-state index >= 15 is 0 Å². The third-order valence-corrected chi connectivity index (χ3v) is 4.58. The van der Waals surface area contributed by atoms with Gasteiger partial charge < -0.3 is 5.32 Å². The lowest BCUT2D eigenvalue weighted by Gasteiger charge is -2.04. The summed E-state index contributed by atoms with van der Waals surface area (Å²) in [6.07, 6.45) is 0.862. The molecular formula is C18H15FN2OS. The summed E-state index contributed by atoms with van der Waals surface area (Å²) in [6.45, 7) is 3.91. The molecule has 5 heteroatoms. The summed E-state index contributed by atoms with van der Waals surface area (Å²) in [5.74, 6) is -0.276. The van der Waals surface area contributed by atoms with Gasteiger partial charge in [0.1, 0.15) is 5.82 Å². The second-order valence-corrected chi connectivity index (χ2v) is 6.27. The van der Waals surface area contributed by atoms with Crippen molar-refractivity contribution in [3.8, 4) is 10.4 Å². The lowest BCUT2D eigenvalue weighted by atomic mass is 10.0. The topological polar surface area (TPSA) is 42.0 Å². The van der Waals surface area contributed by atoms with E-state index in [1.54, 1.807) is 12.1 Å². The van der Waals surface area contributed by atoms with Crippen molar-refractivity contribution in [3.63, 3.8) is 0 Å². The van der Waals surface area contributed by atoms with E-state index in [0.717, 1.165) is 33.7 Å². The average Bonchev–Trinajstić information content (AvgIpc) is 2.90. The quantitative estimate of drug-likeness (QED) is 0.676. The SMILES string of the molecule is Cc1ccc(C=O)c(-c2sc(Nc3ccc(F)cc3)nc2C)c1. The number of aromatic nitrogens is 1. The van der Waals surface area contributed by atoms with Crippen LogP contribution in [-0.2, 0) is 0 Å². The maximum Gasteiger partial charge on any atom is 0.187 e. The molecule has 0 atom stereocenters. The second-order valence-electron chi connectivity index (χ2n) is 5.27. The van der Waals surface area contributed by atoms with Crippen molar-refractivity contribution in [2.75, 3.05) is 5.32 Å². The van der Waals surface area contributed by atoms with Gasteiger partial charge in [-0.05, 0) is 44.2 Å². The van der Waals surface area contributed by atoms with E-state index in [2.05, 4.69) is 10.3 Å². The number of nitrogens with one attached hydrogen (secondary N) is 1. The van der Waals surface area contributed by atoms with Crippen molar-refractivity contribution in [1.29, 1.82) is 0 Å². The molecule has 0 fully saturated rings. The zero-order valence-electron chi connectivity index (χ0n) is 12.8. The maximum absolute atomic E-state index is 13.0. The molecule has 23 heavy (non-hydrogen) atoms. The third-order valence-electron chi connectivity index (χ3n) is 3.47. The van der Waals surface area contributed by atoms with Crippen LogP contribution in [0.1, 0.15) is 21.6 Å². The summed E-state index contributed by atoms with van der Waals surface area (Å²) in [5, 5.41) is 3.88. The largest absolute Gasteiger partial charge is 0.332 e. The fraction of sp³-hybridized carbons (Fsp3) is 0.111. The van der Waals surface area contributed by atoms with Crippen LogP contribution in [0.5, 0.6) is 0 Å². The standard InChI is InChI=1S/C18H15FN2OS/c1-11-3-4-13(10-22)16(9-11)17-12(2)20-18(23-17)21-15-7-5-14(19)6-8-15/h3-10H,1-2H3,(H,20,21). The highest BCUT2D eigenvalue weighted by Crippen LogP contribution is 2.36. The molecule has 0 saturated carbocycles. The number of hydrogen-bond acceptors (Lipinski definition) is 4. The van der Waals surface area contributed by atoms with E-state index in [0.29, 0.717) is 10.7 Å². The number of aldehydes is 1. The van der Waals surface area contributed by atoms with Crippen LogP contribution < -0.4 is 5.32 Å². The van der Waals surface area contributed by atoms with Crippen LogP contribution in [0.4, 0.5) is 15.2 Å². The van der Waals surface area contributed by atoms with Gasteiger partial charge in [-0.2, -0.15) is 0 Å². The Hall–Kier alpha value is -2.53. The van der Waals surface area contributed by atoms with Crippen molar-refractivity contribution in [3.05, 3.63) is 65.1 Å². The molecule has 116 valence electrons. The molecule has 1 aromatic heterocycles. The van der Waals surface area contributed by atoms with E-state index < -0.39 is 0 Å². The fourth-order valence-electron chi connectivity index (χ4n) is 2.33. The number of rotatable bonds is 4. The van der Waals surface area contributed by atoms with E-state index in [9.17, 15) is 9.18 Å². The van der Waals surface area contributed by atoms with Crippen LogP contribution in [-0.4, -0.2) is 11.3 Å². The minimum atomic E-state index is -0.276. The van der Waals surface area contributed by atoms with Crippen molar-refractivity contribution in [2.24, 2.45) is 0 Å². The van der Waals surface area contributed by atoms with Crippen molar-refractivity contribution < 1.29 is 9.18 Å². The molecule has 0 aliphatic rings. The predicted molar refractivity (Wildman–Crippen MR) is 92.1 cm³/mol. The van der Waals surface area contributed by atoms with Crippen LogP contribution in [0, 0.1) is 19.7 Å². The highest BCUT2D eigenvalue weighted by atomic mass is 32.1. The minimum absolute atomic E-state index is 0.276. The molecule has 0 aliphatic carbocycles. The summed E-state index contributed by atoms with van der Waals surface area (Å²) >= 11 is 1.48. The van der Waals surface area contributed by atoms with Crippen LogP contribution in [0.25, 0.3) is 10.4 Å². The smallest absolute Gasteiger partial charge is 0.187 e. The highest BCUT2D eigenvalue weighted by Gasteiger charge is 2.13. The first-order valence-electron chi connectivity index (χ1n) is 7.13. The van der Waals surface area contributed by atoms with Crippen molar-refractivity contribution in [1.82, 2.24) is 4.98 Å². The zero-order valence-corrected chi connectivity index (χ0v) is 13.6. The number of benzene rings is 2. The predicted octanol–water partition coefficient (Wildman–Crippen LogP) is 5.12. The molecule has 0 unspecified atom stereocenters. The Labute approximate surface area is 137 Å². The molecule has 0 bridgehead atoms. The van der Waals surface area contributed by atoms with Gasteiger partial charge in [-0.25, -0.2) is 9.37 Å². The lowest BCUT2D eigenvalue weighted by Crippen LogP contribution is -1.89. The van der Waals surface area contributed by atoms with Gasteiger partial charge >= 0.3 is 0 Å². The monoisotopic (exact) mass is 326 g/mol. The maximum atomic E-state index is 13.0. The summed E-state index contributed by atoms with van der Waals surface area (Å²) in [6, 6.07) is 11.9. The molecule has 3 nitrogen and oxygen atoms in total. The summed E-state index contributed by atoms with van der Waals surface area (Å²) in [4.78, 5) is 16.8. The first-order valence-corrected chi connectivity index (χ1v) is 7.94. The second kappa shape index (κ2) is 6.30. The lowest BCUT2D eigenvalue weighted by molar-refractivity contribution is 0.112. The normalized spacial score (nSPS) is 10.6. The van der Waals surface area contributed by atoms with E-state index in [1.807, 2.05) is 32.0 Å². The average molecular weight is 326 g/mol. The van der Waals surface area contributed by atoms with Crippen molar-refractivity contribution in [2.45, 2.75) is 13.8 Å². The van der Waals surface area contributed by atoms with Crippen LogP contribution in [0.2, 0.25) is 0 Å². The van der Waals surface area contributed by atoms with Gasteiger partial charge in [-0.15, -0.1) is 0 Å². The van der Waals surface area contributed by atoms with Gasteiger partial charge in [-0.3, -0.25) is 4.79 Å². The highest BCUT2D eigenvalue weighted by molar-refractivity contribution is 7.19. The van der Waals surface area contributed by atoms with E-state index in [1.165, 1.54) is 23.5 Å². The fourth-order valence-corrected chi connectivity index (χ4v) is 3.35. The number of hydrogen-bond donors (Lipinski definition) is 1. The Bertz CT molecular complexity index is 856. The minimum Gasteiger partial charge on any atom is -0.332 e. The van der Waals surface area contributed by atoms with E-state index in [4.69, 9.17) is 0 Å². The van der Waals surface area contributed by atoms with Gasteiger partial charge in [-0.1, -0.05) is 29.0 Å². The van der Waals surface area contributed by atoms with Crippen LogP contribution >= 0.6 is 11.3 Å². The molecule has 2 aromatic carbocycles. The number of anilines is 2. The first kappa shape index (κ1) is 15.4. The van der Waals surface area contributed by atoms with Crippen LogP contribution in [0.15, 0.2) is 42.5 Å². The Morgan fingerprint density at radius 1 is 1.13 bits per heavy atom. The molecule has 1 N–H and O–H groups in total. The molecule has 0 saturated heterocycles. The molecule has 0 aliphatic heterocycles. The Kier molecular flexibility index (Phi) is 4.21. The van der Waals surface area contributed by atoms with Gasteiger partial charge in [0.2, 0.25) is 0 Å². The number of thiazole rings is 1. The summed E-state index contributed by atoms with van der Waals surface area (Å²) in [5.41, 5.74) is 4.25. The Morgan fingerprint density at radius 2 is 1.87 bits per heavy atom. The Morgan fingerprint density at radius 3 is 2.57 bits per heavy atom. The first-order chi connectivity index (χ1) is 11.1. The molecule has 3 aromatic rings. The number of carbonyl (C=O) groups excluding carboxylic acids is 1. The third kappa shape index (κ3) is 3.29. The Balaban J connectivity index is 1.96. The van der Waals surface area contributed by atoms with Gasteiger partial charge in [0.15, 0.2) is 11.4 Å². The van der Waals surface area contributed by atoms with Crippen LogP contribution in [0.3, 0.4) is 0 Å². The number of halogens is 1. The molecule has 0 spiro atoms. The number of aryl methyl sites for hydroxylation is 2. The van der Waals surface area contributed by atoms with Gasteiger partial charge in [0.25, 0.3) is 0 Å². The number of nitrogens with zero attached hydrogens (tertiary/aromatic N) is 1. The molecule has 3 rings (SSSR count). The summed E-state index contributed by atoms with van der Waals surface area (Å²) < 4.78 is 13.0. The number of carbonyl (C=O) groups is 1.